The van der Waals surface area contributed by atoms with Gasteiger partial charge in [-0.25, -0.2) is 0 Å². The third-order valence-electron chi connectivity index (χ3n) is 4.09. The summed E-state index contributed by atoms with van der Waals surface area (Å²) >= 11 is 0. The molecular formula is C15H30N2O2. The smallest absolute Gasteiger partial charge is 0.327 e. The number of hydrogen-bond acceptors (Lipinski definition) is 4. The van der Waals surface area contributed by atoms with Crippen molar-refractivity contribution < 1.29 is 9.53 Å². The highest BCUT2D eigenvalue weighted by Crippen LogP contribution is 2.23. The molecule has 2 atom stereocenters. The van der Waals surface area contributed by atoms with Crippen LogP contribution in [0.25, 0.3) is 0 Å². The van der Waals surface area contributed by atoms with Crippen molar-refractivity contribution in [2.75, 3.05) is 26.7 Å². The van der Waals surface area contributed by atoms with Crippen LogP contribution in [-0.4, -0.2) is 49.2 Å². The normalized spacial score (nSPS) is 23.9. The van der Waals surface area contributed by atoms with Gasteiger partial charge in [0.2, 0.25) is 0 Å². The van der Waals surface area contributed by atoms with Gasteiger partial charge in [0.15, 0.2) is 0 Å². The summed E-state index contributed by atoms with van der Waals surface area (Å²) < 4.78 is 4.98. The van der Waals surface area contributed by atoms with Crippen LogP contribution < -0.4 is 5.32 Å². The Morgan fingerprint density at radius 3 is 2.74 bits per heavy atom. The lowest BCUT2D eigenvalue weighted by Gasteiger charge is -2.41. The minimum Gasteiger partial charge on any atom is -0.468 e. The number of likely N-dealkylation sites (N-methyl/N-ethyl adjacent to an activating group) is 1. The van der Waals surface area contributed by atoms with Gasteiger partial charge in [0, 0.05) is 12.6 Å². The largest absolute Gasteiger partial charge is 0.468 e. The first-order chi connectivity index (χ1) is 9.07. The number of hydrogen-bond donors (Lipinski definition) is 1. The molecule has 1 aliphatic rings. The molecule has 1 N–H and O–H groups in total. The summed E-state index contributed by atoms with van der Waals surface area (Å²) in [5.74, 6) is -0.157. The zero-order valence-corrected chi connectivity index (χ0v) is 13.0. The van der Waals surface area contributed by atoms with Gasteiger partial charge in [-0.2, -0.15) is 0 Å². The van der Waals surface area contributed by atoms with Crippen molar-refractivity contribution in [1.82, 2.24) is 10.2 Å². The Bertz CT molecular complexity index is 281. The number of nitrogens with zero attached hydrogens (tertiary/aromatic N) is 1. The lowest BCUT2D eigenvalue weighted by atomic mass is 9.94. The molecule has 1 aliphatic heterocycles. The van der Waals surface area contributed by atoms with Gasteiger partial charge in [0.1, 0.15) is 5.54 Å². The van der Waals surface area contributed by atoms with Gasteiger partial charge in [-0.15, -0.1) is 0 Å². The molecule has 1 heterocycles. The molecule has 19 heavy (non-hydrogen) atoms. The number of esters is 1. The second kappa shape index (κ2) is 7.85. The van der Waals surface area contributed by atoms with Crippen LogP contribution in [0.4, 0.5) is 0 Å². The zero-order chi connectivity index (χ0) is 14.3. The molecular weight excluding hydrogens is 240 g/mol. The highest BCUT2D eigenvalue weighted by molar-refractivity contribution is 5.80. The summed E-state index contributed by atoms with van der Waals surface area (Å²) in [6, 6.07) is 0.626. The number of rotatable bonds is 7. The first kappa shape index (κ1) is 16.4. The fourth-order valence-electron chi connectivity index (χ4n) is 3.14. The zero-order valence-electron chi connectivity index (χ0n) is 13.0. The van der Waals surface area contributed by atoms with E-state index in [2.05, 4.69) is 17.1 Å². The third-order valence-corrected chi connectivity index (χ3v) is 4.09. The molecule has 112 valence electrons. The van der Waals surface area contributed by atoms with Crippen molar-refractivity contribution in [1.29, 1.82) is 0 Å². The molecule has 0 aromatic carbocycles. The van der Waals surface area contributed by atoms with Crippen LogP contribution >= 0.6 is 0 Å². The fraction of sp³-hybridized carbons (Fsp3) is 0.933. The van der Waals surface area contributed by atoms with E-state index in [1.54, 1.807) is 0 Å². The maximum Gasteiger partial charge on any atom is 0.327 e. The Kier molecular flexibility index (Phi) is 6.80. The first-order valence-corrected chi connectivity index (χ1v) is 7.64. The van der Waals surface area contributed by atoms with Crippen LogP contribution in [0, 0.1) is 0 Å². The summed E-state index contributed by atoms with van der Waals surface area (Å²) in [5.41, 5.74) is -0.590. The number of methoxy groups -OCH3 is 1. The van der Waals surface area contributed by atoms with Gasteiger partial charge in [0.05, 0.1) is 7.11 Å². The predicted molar refractivity (Wildman–Crippen MR) is 78.2 cm³/mol. The standard InChI is InChI=1S/C15H30N2O2/c1-5-9-13-10-7-8-11-17(13)12-15(3,16-6-2)14(18)19-4/h13,16H,5-12H2,1-4H3. The van der Waals surface area contributed by atoms with E-state index in [0.717, 1.165) is 19.6 Å². The lowest BCUT2D eigenvalue weighted by molar-refractivity contribution is -0.149. The third kappa shape index (κ3) is 4.46. The second-order valence-corrected chi connectivity index (χ2v) is 5.76. The summed E-state index contributed by atoms with van der Waals surface area (Å²) in [4.78, 5) is 14.5. The average molecular weight is 270 g/mol. The Hall–Kier alpha value is -0.610. The molecule has 0 saturated carbocycles. The molecule has 0 spiro atoms. The maximum absolute atomic E-state index is 12.1. The minimum absolute atomic E-state index is 0.157. The average Bonchev–Trinajstić information content (AvgIpc) is 2.40. The Balaban J connectivity index is 2.72. The monoisotopic (exact) mass is 270 g/mol. The van der Waals surface area contributed by atoms with Gasteiger partial charge >= 0.3 is 5.97 Å². The van der Waals surface area contributed by atoms with Crippen LogP contribution in [0.2, 0.25) is 0 Å². The Morgan fingerprint density at radius 1 is 1.42 bits per heavy atom. The highest BCUT2D eigenvalue weighted by Gasteiger charge is 2.37. The van der Waals surface area contributed by atoms with Crippen LogP contribution in [0.3, 0.4) is 0 Å². The van der Waals surface area contributed by atoms with Crippen molar-refractivity contribution in [2.45, 2.75) is 64.5 Å². The van der Waals surface area contributed by atoms with Crippen LogP contribution in [0.15, 0.2) is 0 Å². The molecule has 0 aromatic rings. The van der Waals surface area contributed by atoms with Gasteiger partial charge in [-0.3, -0.25) is 9.69 Å². The second-order valence-electron chi connectivity index (χ2n) is 5.76. The Labute approximate surface area is 117 Å². The summed E-state index contributed by atoms with van der Waals surface area (Å²) in [5, 5.41) is 3.30. The van der Waals surface area contributed by atoms with E-state index in [0.29, 0.717) is 6.04 Å². The van der Waals surface area contributed by atoms with Crippen molar-refractivity contribution in [3.63, 3.8) is 0 Å². The van der Waals surface area contributed by atoms with E-state index in [1.165, 1.54) is 39.2 Å². The van der Waals surface area contributed by atoms with E-state index in [4.69, 9.17) is 4.74 Å². The van der Waals surface area contributed by atoms with Crippen molar-refractivity contribution >= 4 is 5.97 Å². The molecule has 0 bridgehead atoms. The molecule has 0 radical (unpaired) electrons. The number of likely N-dealkylation sites (tertiary alicyclic amines) is 1. The fourth-order valence-corrected chi connectivity index (χ4v) is 3.14. The molecule has 0 aromatic heterocycles. The molecule has 0 amide bonds. The van der Waals surface area contributed by atoms with E-state index in [-0.39, 0.29) is 5.97 Å². The number of ether oxygens (including phenoxy) is 1. The number of carbonyl (C=O) groups is 1. The molecule has 0 aliphatic carbocycles. The first-order valence-electron chi connectivity index (χ1n) is 7.64. The molecule has 1 saturated heterocycles. The van der Waals surface area contributed by atoms with E-state index in [1.807, 2.05) is 13.8 Å². The summed E-state index contributed by atoms with van der Waals surface area (Å²) in [6.07, 6.45) is 6.25. The highest BCUT2D eigenvalue weighted by atomic mass is 16.5. The van der Waals surface area contributed by atoms with E-state index >= 15 is 0 Å². The molecule has 2 unspecified atom stereocenters. The van der Waals surface area contributed by atoms with Crippen LogP contribution in [-0.2, 0) is 9.53 Å². The van der Waals surface area contributed by atoms with Gasteiger partial charge in [-0.05, 0) is 39.3 Å². The molecule has 4 nitrogen and oxygen atoms in total. The lowest BCUT2D eigenvalue weighted by Crippen LogP contribution is -2.59. The number of nitrogens with one attached hydrogen (secondary N) is 1. The topological polar surface area (TPSA) is 41.6 Å². The molecule has 1 fully saturated rings. The van der Waals surface area contributed by atoms with E-state index < -0.39 is 5.54 Å². The Morgan fingerprint density at radius 2 is 2.16 bits per heavy atom. The van der Waals surface area contributed by atoms with Gasteiger partial charge in [0.25, 0.3) is 0 Å². The number of carbonyl (C=O) groups excluding carboxylic acids is 1. The van der Waals surface area contributed by atoms with Gasteiger partial charge in [-0.1, -0.05) is 26.7 Å². The molecule has 1 rings (SSSR count). The van der Waals surface area contributed by atoms with Crippen molar-refractivity contribution in [3.8, 4) is 0 Å². The predicted octanol–water partition coefficient (Wildman–Crippen LogP) is 2.18. The number of piperidine rings is 1. The quantitative estimate of drug-likeness (QED) is 0.720. The summed E-state index contributed by atoms with van der Waals surface area (Å²) in [6.45, 7) is 8.84. The maximum atomic E-state index is 12.1. The van der Waals surface area contributed by atoms with Crippen LogP contribution in [0.5, 0.6) is 0 Å². The van der Waals surface area contributed by atoms with Crippen molar-refractivity contribution in [2.24, 2.45) is 0 Å². The van der Waals surface area contributed by atoms with Crippen LogP contribution in [0.1, 0.15) is 52.9 Å². The summed E-state index contributed by atoms with van der Waals surface area (Å²) in [7, 11) is 1.47. The van der Waals surface area contributed by atoms with Gasteiger partial charge < -0.3 is 10.1 Å². The SMILES string of the molecule is CCCC1CCCCN1CC(C)(NCC)C(=O)OC. The van der Waals surface area contributed by atoms with Crippen molar-refractivity contribution in [3.05, 3.63) is 0 Å². The molecule has 4 heteroatoms. The van der Waals surface area contributed by atoms with E-state index in [9.17, 15) is 4.79 Å². The minimum atomic E-state index is -0.590.